The Balaban J connectivity index is 1.58. The van der Waals surface area contributed by atoms with Crippen LogP contribution in [0.3, 0.4) is 0 Å². The summed E-state index contributed by atoms with van der Waals surface area (Å²) in [7, 11) is 2.08. The minimum Gasteiger partial charge on any atom is -0.378 e. The average molecular weight is 302 g/mol. The largest absolute Gasteiger partial charge is 0.378 e. The number of benzene rings is 1. The lowest BCUT2D eigenvalue weighted by Crippen LogP contribution is -2.27. The first-order valence-electron chi connectivity index (χ1n) is 8.06. The van der Waals surface area contributed by atoms with E-state index in [9.17, 15) is 4.39 Å². The molecule has 1 fully saturated rings. The fourth-order valence-corrected chi connectivity index (χ4v) is 2.99. The van der Waals surface area contributed by atoms with Crippen molar-refractivity contribution in [3.05, 3.63) is 41.8 Å². The molecule has 1 unspecified atom stereocenters. The highest BCUT2D eigenvalue weighted by Crippen LogP contribution is 2.18. The van der Waals surface area contributed by atoms with Crippen LogP contribution in [-0.4, -0.2) is 36.2 Å². The summed E-state index contributed by atoms with van der Waals surface area (Å²) in [6.07, 6.45) is 5.10. The van der Waals surface area contributed by atoms with Crippen molar-refractivity contribution in [3.8, 4) is 0 Å². The number of pyridine rings is 1. The van der Waals surface area contributed by atoms with Crippen LogP contribution in [-0.2, 0) is 11.3 Å². The molecule has 1 aromatic carbocycles. The van der Waals surface area contributed by atoms with E-state index in [2.05, 4.69) is 16.9 Å². The van der Waals surface area contributed by atoms with Crippen molar-refractivity contribution < 1.29 is 9.13 Å². The number of fused-ring (bicyclic) bond motifs is 1. The Morgan fingerprint density at radius 1 is 1.27 bits per heavy atom. The van der Waals surface area contributed by atoms with Gasteiger partial charge in [-0.15, -0.1) is 0 Å². The molecule has 2 heterocycles. The maximum atomic E-state index is 13.8. The first-order valence-corrected chi connectivity index (χ1v) is 8.06. The standard InChI is InChI=1S/C18H23FN2O/c1-21(11-10-16-6-2-3-12-22-16)13-15-9-8-14-5-4-7-17(19)18(14)20-15/h4-5,7-9,16H,2-3,6,10-13H2,1H3. The molecule has 0 aliphatic carbocycles. The van der Waals surface area contributed by atoms with Crippen molar-refractivity contribution >= 4 is 10.9 Å². The summed E-state index contributed by atoms with van der Waals surface area (Å²) in [5, 5.41) is 0.849. The highest BCUT2D eigenvalue weighted by Gasteiger charge is 2.14. The first-order chi connectivity index (χ1) is 10.7. The van der Waals surface area contributed by atoms with Gasteiger partial charge in [-0.05, 0) is 44.9 Å². The number of halogens is 1. The highest BCUT2D eigenvalue weighted by atomic mass is 19.1. The number of ether oxygens (including phenoxy) is 1. The number of nitrogens with zero attached hydrogens (tertiary/aromatic N) is 2. The van der Waals surface area contributed by atoms with Crippen LogP contribution < -0.4 is 0 Å². The minimum atomic E-state index is -0.252. The minimum absolute atomic E-state index is 0.252. The normalized spacial score (nSPS) is 19.0. The Morgan fingerprint density at radius 3 is 3.00 bits per heavy atom. The molecule has 0 amide bonds. The number of rotatable bonds is 5. The maximum Gasteiger partial charge on any atom is 0.149 e. The van der Waals surface area contributed by atoms with Gasteiger partial charge in [0, 0.05) is 25.1 Å². The number of hydrogen-bond acceptors (Lipinski definition) is 3. The van der Waals surface area contributed by atoms with Crippen LogP contribution in [0.4, 0.5) is 4.39 Å². The molecule has 0 bridgehead atoms. The van der Waals surface area contributed by atoms with E-state index in [1.54, 1.807) is 6.07 Å². The summed E-state index contributed by atoms with van der Waals surface area (Å²) in [6.45, 7) is 2.61. The van der Waals surface area contributed by atoms with Gasteiger partial charge in [-0.3, -0.25) is 0 Å². The smallest absolute Gasteiger partial charge is 0.149 e. The zero-order valence-corrected chi connectivity index (χ0v) is 13.1. The van der Waals surface area contributed by atoms with Gasteiger partial charge in [-0.1, -0.05) is 18.2 Å². The summed E-state index contributed by atoms with van der Waals surface area (Å²) in [5.74, 6) is -0.252. The molecule has 0 N–H and O–H groups in total. The van der Waals surface area contributed by atoms with E-state index in [4.69, 9.17) is 4.74 Å². The number of hydrogen-bond donors (Lipinski definition) is 0. The molecule has 2 aromatic rings. The first kappa shape index (κ1) is 15.4. The summed E-state index contributed by atoms with van der Waals surface area (Å²) < 4.78 is 19.6. The Kier molecular flexibility index (Phi) is 5.01. The van der Waals surface area contributed by atoms with E-state index in [1.165, 1.54) is 25.3 Å². The fourth-order valence-electron chi connectivity index (χ4n) is 2.99. The lowest BCUT2D eigenvalue weighted by Gasteiger charge is -2.25. The van der Waals surface area contributed by atoms with Gasteiger partial charge in [0.2, 0.25) is 0 Å². The summed E-state index contributed by atoms with van der Waals surface area (Å²) >= 11 is 0. The van der Waals surface area contributed by atoms with Crippen molar-refractivity contribution in [1.82, 2.24) is 9.88 Å². The van der Waals surface area contributed by atoms with Crippen LogP contribution in [0, 0.1) is 5.82 Å². The maximum absolute atomic E-state index is 13.8. The molecule has 1 atom stereocenters. The zero-order valence-electron chi connectivity index (χ0n) is 13.1. The van der Waals surface area contributed by atoms with Gasteiger partial charge in [-0.2, -0.15) is 0 Å². The van der Waals surface area contributed by atoms with E-state index >= 15 is 0 Å². The van der Waals surface area contributed by atoms with Gasteiger partial charge in [0.1, 0.15) is 11.3 Å². The molecule has 22 heavy (non-hydrogen) atoms. The molecular formula is C18H23FN2O. The van der Waals surface area contributed by atoms with E-state index in [1.807, 2.05) is 18.2 Å². The number of aromatic nitrogens is 1. The van der Waals surface area contributed by atoms with Crippen molar-refractivity contribution in [3.63, 3.8) is 0 Å². The zero-order chi connectivity index (χ0) is 15.4. The van der Waals surface area contributed by atoms with E-state index < -0.39 is 0 Å². The molecule has 3 nitrogen and oxygen atoms in total. The van der Waals surface area contributed by atoms with Gasteiger partial charge in [0.05, 0.1) is 11.8 Å². The molecule has 1 aromatic heterocycles. The van der Waals surface area contributed by atoms with Crippen molar-refractivity contribution in [2.45, 2.75) is 38.3 Å². The molecule has 4 heteroatoms. The summed E-state index contributed by atoms with van der Waals surface area (Å²) in [5.41, 5.74) is 1.37. The molecule has 1 aliphatic heterocycles. The van der Waals surface area contributed by atoms with E-state index in [0.717, 1.165) is 37.2 Å². The fraction of sp³-hybridized carbons (Fsp3) is 0.500. The SMILES string of the molecule is CN(CCC1CCCCO1)Cc1ccc2cccc(F)c2n1. The topological polar surface area (TPSA) is 25.4 Å². The predicted molar refractivity (Wildman–Crippen MR) is 86.2 cm³/mol. The summed E-state index contributed by atoms with van der Waals surface area (Å²) in [6, 6.07) is 8.99. The van der Waals surface area contributed by atoms with Gasteiger partial charge >= 0.3 is 0 Å². The second-order valence-electron chi connectivity index (χ2n) is 6.13. The molecule has 118 valence electrons. The Hall–Kier alpha value is -1.52. The van der Waals surface area contributed by atoms with Crippen molar-refractivity contribution in [1.29, 1.82) is 0 Å². The monoisotopic (exact) mass is 302 g/mol. The third-order valence-corrected chi connectivity index (χ3v) is 4.27. The van der Waals surface area contributed by atoms with Crippen LogP contribution in [0.5, 0.6) is 0 Å². The molecule has 1 saturated heterocycles. The van der Waals surface area contributed by atoms with Gasteiger partial charge in [0.15, 0.2) is 0 Å². The molecule has 3 rings (SSSR count). The molecule has 1 aliphatic rings. The summed E-state index contributed by atoms with van der Waals surface area (Å²) in [4.78, 5) is 6.69. The third kappa shape index (κ3) is 3.81. The third-order valence-electron chi connectivity index (χ3n) is 4.27. The van der Waals surface area contributed by atoms with Gasteiger partial charge < -0.3 is 9.64 Å². The van der Waals surface area contributed by atoms with E-state index in [-0.39, 0.29) is 5.82 Å². The lowest BCUT2D eigenvalue weighted by atomic mass is 10.1. The molecule has 0 spiro atoms. The van der Waals surface area contributed by atoms with Crippen LogP contribution in [0.2, 0.25) is 0 Å². The van der Waals surface area contributed by atoms with E-state index in [0.29, 0.717) is 11.6 Å². The molecular weight excluding hydrogens is 279 g/mol. The Bertz CT molecular complexity index is 626. The van der Waals surface area contributed by atoms with Crippen LogP contribution in [0.25, 0.3) is 10.9 Å². The molecule has 0 radical (unpaired) electrons. The average Bonchev–Trinajstić information content (AvgIpc) is 2.55. The quantitative estimate of drug-likeness (QED) is 0.841. The van der Waals surface area contributed by atoms with Crippen molar-refractivity contribution in [2.75, 3.05) is 20.2 Å². The Morgan fingerprint density at radius 2 is 2.18 bits per heavy atom. The van der Waals surface area contributed by atoms with Gasteiger partial charge in [-0.25, -0.2) is 9.37 Å². The van der Waals surface area contributed by atoms with Crippen LogP contribution in [0.15, 0.2) is 30.3 Å². The highest BCUT2D eigenvalue weighted by molar-refractivity contribution is 5.79. The number of para-hydroxylation sites is 1. The second kappa shape index (κ2) is 7.16. The Labute approximate surface area is 131 Å². The van der Waals surface area contributed by atoms with Crippen molar-refractivity contribution in [2.24, 2.45) is 0 Å². The molecule has 0 saturated carbocycles. The van der Waals surface area contributed by atoms with Gasteiger partial charge in [0.25, 0.3) is 0 Å². The second-order valence-corrected chi connectivity index (χ2v) is 6.13. The van der Waals surface area contributed by atoms with Crippen LogP contribution in [0.1, 0.15) is 31.4 Å². The van der Waals surface area contributed by atoms with Crippen LogP contribution >= 0.6 is 0 Å². The lowest BCUT2D eigenvalue weighted by molar-refractivity contribution is 0.00636. The predicted octanol–water partition coefficient (Wildman–Crippen LogP) is 3.76.